The van der Waals surface area contributed by atoms with E-state index in [1.807, 2.05) is 33.8 Å². The van der Waals surface area contributed by atoms with Gasteiger partial charge in [0.2, 0.25) is 17.1 Å². The fourth-order valence-corrected chi connectivity index (χ4v) is 3.69. The second kappa shape index (κ2) is 6.06. The lowest BCUT2D eigenvalue weighted by molar-refractivity contribution is -0.152. The van der Waals surface area contributed by atoms with Crippen molar-refractivity contribution in [2.24, 2.45) is 0 Å². The zero-order valence-corrected chi connectivity index (χ0v) is 15.5. The van der Waals surface area contributed by atoms with Crippen molar-refractivity contribution in [2.45, 2.75) is 71.7 Å². The van der Waals surface area contributed by atoms with Crippen molar-refractivity contribution in [3.63, 3.8) is 0 Å². The Morgan fingerprint density at radius 1 is 1.12 bits per heavy atom. The van der Waals surface area contributed by atoms with Crippen molar-refractivity contribution in [3.8, 4) is 5.75 Å². The van der Waals surface area contributed by atoms with Crippen LogP contribution in [0.3, 0.4) is 0 Å². The standard InChI is InChI=1S/C20H26O5/c1-10(2)24-17-18(22)20(23,19(17)25-11(3)4)15-14-8-6-7-13(14)9-12(5)16(15)21/h9-11,21,23H,6-8H2,1-5H3. The predicted molar refractivity (Wildman–Crippen MR) is 93.2 cm³/mol. The maximum atomic E-state index is 12.9. The van der Waals surface area contributed by atoms with Crippen LogP contribution in [0.4, 0.5) is 0 Å². The van der Waals surface area contributed by atoms with Crippen molar-refractivity contribution < 1.29 is 24.5 Å². The van der Waals surface area contributed by atoms with E-state index in [1.165, 1.54) is 0 Å². The van der Waals surface area contributed by atoms with Gasteiger partial charge in [-0.3, -0.25) is 4.79 Å². The van der Waals surface area contributed by atoms with E-state index in [2.05, 4.69) is 0 Å². The number of rotatable bonds is 5. The summed E-state index contributed by atoms with van der Waals surface area (Å²) in [5.41, 5.74) is 0.885. The van der Waals surface area contributed by atoms with E-state index in [1.54, 1.807) is 6.92 Å². The fourth-order valence-electron chi connectivity index (χ4n) is 3.69. The van der Waals surface area contributed by atoms with Gasteiger partial charge >= 0.3 is 0 Å². The van der Waals surface area contributed by atoms with E-state index in [0.29, 0.717) is 5.56 Å². The molecule has 1 unspecified atom stereocenters. The first-order valence-corrected chi connectivity index (χ1v) is 8.87. The largest absolute Gasteiger partial charge is 0.507 e. The van der Waals surface area contributed by atoms with Crippen LogP contribution < -0.4 is 0 Å². The molecule has 2 aliphatic carbocycles. The van der Waals surface area contributed by atoms with Gasteiger partial charge in [-0.05, 0) is 70.6 Å². The molecule has 2 N–H and O–H groups in total. The van der Waals surface area contributed by atoms with Crippen LogP contribution in [0.25, 0.3) is 0 Å². The van der Waals surface area contributed by atoms with Crippen LogP contribution in [0.2, 0.25) is 0 Å². The highest BCUT2D eigenvalue weighted by molar-refractivity contribution is 6.11. The number of carbonyl (C=O) groups is 1. The Labute approximate surface area is 148 Å². The molecule has 0 spiro atoms. The number of aryl methyl sites for hydroxylation is 2. The van der Waals surface area contributed by atoms with Crippen LogP contribution in [0, 0.1) is 6.92 Å². The molecular weight excluding hydrogens is 320 g/mol. The zero-order chi connectivity index (χ0) is 18.5. The summed E-state index contributed by atoms with van der Waals surface area (Å²) in [6.45, 7) is 9.05. The highest BCUT2D eigenvalue weighted by atomic mass is 16.6. The monoisotopic (exact) mass is 346 g/mol. The van der Waals surface area contributed by atoms with Crippen molar-refractivity contribution in [2.75, 3.05) is 0 Å². The molecule has 0 saturated heterocycles. The van der Waals surface area contributed by atoms with Crippen molar-refractivity contribution in [3.05, 3.63) is 39.8 Å². The van der Waals surface area contributed by atoms with Crippen LogP contribution in [-0.4, -0.2) is 28.2 Å². The van der Waals surface area contributed by atoms with E-state index in [0.717, 1.165) is 30.4 Å². The lowest BCUT2D eigenvalue weighted by Gasteiger charge is -2.41. The van der Waals surface area contributed by atoms with Crippen molar-refractivity contribution in [1.82, 2.24) is 0 Å². The molecule has 5 heteroatoms. The number of phenols is 1. The Hall–Kier alpha value is -2.01. The fraction of sp³-hybridized carbons (Fsp3) is 0.550. The molecule has 25 heavy (non-hydrogen) atoms. The highest BCUT2D eigenvalue weighted by Gasteiger charge is 2.60. The maximum absolute atomic E-state index is 12.9. The SMILES string of the molecule is Cc1cc2c(c(C3(O)C(=O)C(OC(C)C)=C3OC(C)C)c1O)CCC2. The number of ketones is 1. The number of benzene rings is 1. The summed E-state index contributed by atoms with van der Waals surface area (Å²) < 4.78 is 11.3. The molecule has 0 aliphatic heterocycles. The second-order valence-corrected chi connectivity index (χ2v) is 7.44. The molecule has 0 radical (unpaired) electrons. The third-order valence-electron chi connectivity index (χ3n) is 4.70. The number of aliphatic hydroxyl groups is 1. The number of aromatic hydroxyl groups is 1. The quantitative estimate of drug-likeness (QED) is 0.857. The van der Waals surface area contributed by atoms with E-state index in [4.69, 9.17) is 9.47 Å². The third-order valence-corrected chi connectivity index (χ3v) is 4.70. The minimum atomic E-state index is -1.97. The van der Waals surface area contributed by atoms with E-state index >= 15 is 0 Å². The molecule has 1 aromatic rings. The molecule has 5 nitrogen and oxygen atoms in total. The number of carbonyl (C=O) groups excluding carboxylic acids is 1. The van der Waals surface area contributed by atoms with Gasteiger partial charge in [-0.25, -0.2) is 0 Å². The normalized spacial score (nSPS) is 22.5. The Morgan fingerprint density at radius 3 is 2.36 bits per heavy atom. The lowest BCUT2D eigenvalue weighted by atomic mass is 9.73. The van der Waals surface area contributed by atoms with E-state index < -0.39 is 11.4 Å². The summed E-state index contributed by atoms with van der Waals surface area (Å²) in [5, 5.41) is 22.0. The van der Waals surface area contributed by atoms with Crippen LogP contribution in [0.5, 0.6) is 5.75 Å². The first kappa shape index (κ1) is 17.8. The van der Waals surface area contributed by atoms with Gasteiger partial charge in [-0.15, -0.1) is 0 Å². The number of phenolic OH excluding ortho intramolecular Hbond substituents is 1. The van der Waals surface area contributed by atoms with Crippen LogP contribution in [0.15, 0.2) is 17.6 Å². The molecule has 0 aromatic heterocycles. The van der Waals surface area contributed by atoms with E-state index in [-0.39, 0.29) is 35.0 Å². The molecule has 0 saturated carbocycles. The minimum absolute atomic E-state index is 0.0371. The first-order valence-electron chi connectivity index (χ1n) is 8.87. The molecule has 3 rings (SSSR count). The van der Waals surface area contributed by atoms with Gasteiger partial charge in [0.15, 0.2) is 5.76 Å². The number of hydrogen-bond donors (Lipinski definition) is 2. The number of fused-ring (bicyclic) bond motifs is 1. The Bertz CT molecular complexity index is 760. The second-order valence-electron chi connectivity index (χ2n) is 7.44. The molecule has 0 amide bonds. The summed E-state index contributed by atoms with van der Waals surface area (Å²) in [7, 11) is 0. The topological polar surface area (TPSA) is 76.0 Å². The van der Waals surface area contributed by atoms with E-state index in [9.17, 15) is 15.0 Å². The predicted octanol–water partition coefficient (Wildman–Crippen LogP) is 3.02. The molecular formula is C20H26O5. The molecule has 2 aliphatic rings. The van der Waals surface area contributed by atoms with Gasteiger partial charge in [0.1, 0.15) is 5.75 Å². The molecule has 1 atom stereocenters. The smallest absolute Gasteiger partial charge is 0.245 e. The molecule has 0 heterocycles. The maximum Gasteiger partial charge on any atom is 0.245 e. The highest BCUT2D eigenvalue weighted by Crippen LogP contribution is 2.51. The van der Waals surface area contributed by atoms with Gasteiger partial charge in [0.05, 0.1) is 12.2 Å². The summed E-state index contributed by atoms with van der Waals surface area (Å²) in [6, 6.07) is 1.94. The average Bonchev–Trinajstić information content (AvgIpc) is 2.98. The minimum Gasteiger partial charge on any atom is -0.507 e. The van der Waals surface area contributed by atoms with Crippen LogP contribution >= 0.6 is 0 Å². The zero-order valence-electron chi connectivity index (χ0n) is 15.5. The number of Topliss-reactive ketones (excluding diaryl/α,β-unsaturated/α-hetero) is 1. The molecule has 136 valence electrons. The van der Waals surface area contributed by atoms with Crippen molar-refractivity contribution in [1.29, 1.82) is 0 Å². The van der Waals surface area contributed by atoms with Crippen LogP contribution in [-0.2, 0) is 32.7 Å². The van der Waals surface area contributed by atoms with Gasteiger partial charge in [0, 0.05) is 5.56 Å². The Morgan fingerprint density at radius 2 is 1.76 bits per heavy atom. The summed E-state index contributed by atoms with van der Waals surface area (Å²) >= 11 is 0. The van der Waals surface area contributed by atoms with Crippen LogP contribution in [0.1, 0.15) is 56.4 Å². The van der Waals surface area contributed by atoms with Gasteiger partial charge in [0.25, 0.3) is 0 Å². The first-order chi connectivity index (χ1) is 11.7. The summed E-state index contributed by atoms with van der Waals surface area (Å²) in [5.74, 6) is -0.424. The van der Waals surface area contributed by atoms with Gasteiger partial charge < -0.3 is 19.7 Å². The third kappa shape index (κ3) is 2.61. The lowest BCUT2D eigenvalue weighted by Crippen LogP contribution is -2.51. The Kier molecular flexibility index (Phi) is 4.31. The van der Waals surface area contributed by atoms with Crippen molar-refractivity contribution >= 4 is 5.78 Å². The Balaban J connectivity index is 2.19. The summed E-state index contributed by atoms with van der Waals surface area (Å²) in [6.07, 6.45) is 2.09. The molecule has 0 fully saturated rings. The van der Waals surface area contributed by atoms with Gasteiger partial charge in [-0.2, -0.15) is 0 Å². The summed E-state index contributed by atoms with van der Waals surface area (Å²) in [4.78, 5) is 12.9. The number of ether oxygens (including phenoxy) is 2. The number of hydrogen-bond acceptors (Lipinski definition) is 5. The van der Waals surface area contributed by atoms with Gasteiger partial charge in [-0.1, -0.05) is 6.07 Å². The average molecular weight is 346 g/mol. The molecule has 0 bridgehead atoms. The molecule has 1 aromatic carbocycles.